The maximum atomic E-state index is 13.0. The van der Waals surface area contributed by atoms with Crippen molar-refractivity contribution < 1.29 is 14.3 Å². The number of ether oxygens (including phenoxy) is 2. The number of hydrogen-bond donors (Lipinski definition) is 1. The highest BCUT2D eigenvalue weighted by molar-refractivity contribution is 8.00. The van der Waals surface area contributed by atoms with E-state index in [0.717, 1.165) is 60.3 Å². The summed E-state index contributed by atoms with van der Waals surface area (Å²) in [6, 6.07) is 14.0. The molecular formula is C26H30N4O3S. The van der Waals surface area contributed by atoms with Gasteiger partial charge >= 0.3 is 0 Å². The monoisotopic (exact) mass is 478 g/mol. The SMILES string of the molecule is COc1ccc(-c2nnc(S[C@@H](C)C(=O)Nc3ccc4c(c3)CCC4)n2C[C@H]2CCCO2)cc1. The number of benzene rings is 2. The molecule has 0 spiro atoms. The highest BCUT2D eigenvalue weighted by Gasteiger charge is 2.25. The van der Waals surface area contributed by atoms with Crippen LogP contribution < -0.4 is 10.1 Å². The molecule has 2 aromatic carbocycles. The Labute approximate surface area is 204 Å². The molecule has 5 rings (SSSR count). The fourth-order valence-corrected chi connectivity index (χ4v) is 5.45. The molecule has 0 bridgehead atoms. The summed E-state index contributed by atoms with van der Waals surface area (Å²) in [4.78, 5) is 13.0. The Morgan fingerprint density at radius 3 is 2.76 bits per heavy atom. The minimum absolute atomic E-state index is 0.0411. The molecule has 1 saturated heterocycles. The van der Waals surface area contributed by atoms with E-state index in [-0.39, 0.29) is 17.3 Å². The molecule has 2 heterocycles. The van der Waals surface area contributed by atoms with E-state index in [1.807, 2.05) is 37.3 Å². The molecule has 1 aromatic heterocycles. The maximum Gasteiger partial charge on any atom is 0.237 e. The van der Waals surface area contributed by atoms with Gasteiger partial charge in [0.25, 0.3) is 0 Å². The summed E-state index contributed by atoms with van der Waals surface area (Å²) in [7, 11) is 1.65. The number of carbonyl (C=O) groups excluding carboxylic acids is 1. The molecule has 1 N–H and O–H groups in total. The molecule has 1 aliphatic carbocycles. The number of rotatable bonds is 8. The van der Waals surface area contributed by atoms with Crippen molar-refractivity contribution >= 4 is 23.4 Å². The van der Waals surface area contributed by atoms with Gasteiger partial charge in [0, 0.05) is 17.9 Å². The third kappa shape index (κ3) is 4.98. The fraction of sp³-hybridized carbons (Fsp3) is 0.423. The quantitative estimate of drug-likeness (QED) is 0.471. The van der Waals surface area contributed by atoms with Crippen LogP contribution in [-0.2, 0) is 28.9 Å². The largest absolute Gasteiger partial charge is 0.497 e. The second-order valence-corrected chi connectivity index (χ2v) is 10.2. The van der Waals surface area contributed by atoms with E-state index in [0.29, 0.717) is 6.54 Å². The molecule has 0 radical (unpaired) electrons. The van der Waals surface area contributed by atoms with Gasteiger partial charge in [-0.15, -0.1) is 10.2 Å². The molecule has 34 heavy (non-hydrogen) atoms. The number of hydrogen-bond acceptors (Lipinski definition) is 6. The van der Waals surface area contributed by atoms with Crippen LogP contribution in [0.3, 0.4) is 0 Å². The molecule has 1 amide bonds. The fourth-order valence-electron chi connectivity index (χ4n) is 4.59. The van der Waals surface area contributed by atoms with E-state index in [4.69, 9.17) is 9.47 Å². The summed E-state index contributed by atoms with van der Waals surface area (Å²) in [5.74, 6) is 1.52. The van der Waals surface area contributed by atoms with E-state index in [2.05, 4.69) is 32.2 Å². The van der Waals surface area contributed by atoms with Crippen molar-refractivity contribution in [2.75, 3.05) is 19.0 Å². The van der Waals surface area contributed by atoms with Crippen LogP contribution >= 0.6 is 11.8 Å². The number of amides is 1. The van der Waals surface area contributed by atoms with Crippen LogP contribution in [0, 0.1) is 0 Å². The molecule has 3 aromatic rings. The Kier molecular flexibility index (Phi) is 6.87. The van der Waals surface area contributed by atoms with Gasteiger partial charge in [-0.2, -0.15) is 0 Å². The third-order valence-electron chi connectivity index (χ3n) is 6.49. The van der Waals surface area contributed by atoms with Crippen LogP contribution in [-0.4, -0.2) is 45.7 Å². The molecule has 2 atom stereocenters. The number of fused-ring (bicyclic) bond motifs is 1. The second-order valence-electron chi connectivity index (χ2n) is 8.87. The summed E-state index contributed by atoms with van der Waals surface area (Å²) < 4.78 is 13.3. The Morgan fingerprint density at radius 1 is 1.18 bits per heavy atom. The van der Waals surface area contributed by atoms with Gasteiger partial charge < -0.3 is 14.8 Å². The van der Waals surface area contributed by atoms with Gasteiger partial charge in [-0.1, -0.05) is 17.8 Å². The van der Waals surface area contributed by atoms with E-state index in [1.54, 1.807) is 7.11 Å². The zero-order valence-electron chi connectivity index (χ0n) is 19.6. The highest BCUT2D eigenvalue weighted by atomic mass is 32.2. The third-order valence-corrected chi connectivity index (χ3v) is 7.57. The molecule has 1 aliphatic heterocycles. The lowest BCUT2D eigenvalue weighted by atomic mass is 10.1. The summed E-state index contributed by atoms with van der Waals surface area (Å²) in [5, 5.41) is 12.4. The number of thioether (sulfide) groups is 1. The molecule has 0 saturated carbocycles. The van der Waals surface area contributed by atoms with Crippen LogP contribution in [0.1, 0.15) is 37.3 Å². The standard InChI is InChI=1S/C26H30N4O3S/c1-17(25(31)27-21-11-8-18-5-3-6-20(18)15-21)34-26-29-28-24(19-9-12-22(32-2)13-10-19)30(26)16-23-7-4-14-33-23/h8-13,15,17,23H,3-7,14,16H2,1-2H3,(H,27,31)/t17-,23+/m0/s1. The van der Waals surface area contributed by atoms with E-state index in [1.165, 1.54) is 29.3 Å². The number of methoxy groups -OCH3 is 1. The normalized spacial score (nSPS) is 18.0. The Balaban J connectivity index is 1.34. The first kappa shape index (κ1) is 22.9. The lowest BCUT2D eigenvalue weighted by molar-refractivity contribution is -0.115. The van der Waals surface area contributed by atoms with Gasteiger partial charge in [0.1, 0.15) is 5.75 Å². The lowest BCUT2D eigenvalue weighted by Crippen LogP contribution is -2.23. The number of aromatic nitrogens is 3. The topological polar surface area (TPSA) is 78.3 Å². The number of nitrogens with zero attached hydrogens (tertiary/aromatic N) is 3. The first-order valence-electron chi connectivity index (χ1n) is 11.9. The number of carbonyl (C=O) groups is 1. The Hall–Kier alpha value is -2.84. The van der Waals surface area contributed by atoms with Crippen molar-refractivity contribution in [3.05, 3.63) is 53.6 Å². The van der Waals surface area contributed by atoms with Gasteiger partial charge in [-0.25, -0.2) is 0 Å². The van der Waals surface area contributed by atoms with Gasteiger partial charge in [-0.3, -0.25) is 9.36 Å². The Morgan fingerprint density at radius 2 is 2.00 bits per heavy atom. The van der Waals surface area contributed by atoms with Gasteiger partial charge in [-0.05, 0) is 86.6 Å². The predicted octanol–water partition coefficient (Wildman–Crippen LogP) is 4.74. The molecule has 7 nitrogen and oxygen atoms in total. The Bertz CT molecular complexity index is 1160. The number of anilines is 1. The average Bonchev–Trinajstić information content (AvgIpc) is 3.61. The summed E-state index contributed by atoms with van der Waals surface area (Å²) in [6.45, 7) is 3.36. The van der Waals surface area contributed by atoms with Crippen molar-refractivity contribution in [3.63, 3.8) is 0 Å². The molecule has 8 heteroatoms. The van der Waals surface area contributed by atoms with Crippen molar-refractivity contribution in [2.24, 2.45) is 0 Å². The van der Waals surface area contributed by atoms with Gasteiger partial charge in [0.05, 0.1) is 25.0 Å². The minimum atomic E-state index is -0.329. The van der Waals surface area contributed by atoms with Crippen molar-refractivity contribution in [1.82, 2.24) is 14.8 Å². The number of nitrogens with one attached hydrogen (secondary N) is 1. The van der Waals surface area contributed by atoms with Crippen molar-refractivity contribution in [2.45, 2.75) is 62.1 Å². The molecule has 0 unspecified atom stereocenters. The molecule has 1 fully saturated rings. The van der Waals surface area contributed by atoms with Crippen LogP contribution in [0.2, 0.25) is 0 Å². The van der Waals surface area contributed by atoms with Crippen LogP contribution in [0.4, 0.5) is 5.69 Å². The van der Waals surface area contributed by atoms with Crippen LogP contribution in [0.15, 0.2) is 47.6 Å². The van der Waals surface area contributed by atoms with E-state index >= 15 is 0 Å². The first-order valence-corrected chi connectivity index (χ1v) is 12.8. The van der Waals surface area contributed by atoms with E-state index < -0.39 is 0 Å². The zero-order chi connectivity index (χ0) is 23.5. The molecular weight excluding hydrogens is 448 g/mol. The summed E-state index contributed by atoms with van der Waals surface area (Å²) in [6.07, 6.45) is 5.61. The second kappa shape index (κ2) is 10.2. The van der Waals surface area contributed by atoms with Crippen LogP contribution in [0.25, 0.3) is 11.4 Å². The maximum absolute atomic E-state index is 13.0. The smallest absolute Gasteiger partial charge is 0.237 e. The van der Waals surface area contributed by atoms with Crippen molar-refractivity contribution in [3.8, 4) is 17.1 Å². The summed E-state index contributed by atoms with van der Waals surface area (Å²) >= 11 is 1.43. The van der Waals surface area contributed by atoms with Gasteiger partial charge in [0.15, 0.2) is 11.0 Å². The highest BCUT2D eigenvalue weighted by Crippen LogP contribution is 2.31. The zero-order valence-corrected chi connectivity index (χ0v) is 20.4. The average molecular weight is 479 g/mol. The first-order chi connectivity index (χ1) is 16.6. The molecule has 2 aliphatic rings. The lowest BCUT2D eigenvalue weighted by Gasteiger charge is -2.17. The van der Waals surface area contributed by atoms with E-state index in [9.17, 15) is 4.79 Å². The van der Waals surface area contributed by atoms with Gasteiger partial charge in [0.2, 0.25) is 5.91 Å². The van der Waals surface area contributed by atoms with Crippen LogP contribution in [0.5, 0.6) is 5.75 Å². The van der Waals surface area contributed by atoms with Crippen molar-refractivity contribution in [1.29, 1.82) is 0 Å². The number of aryl methyl sites for hydroxylation is 2. The summed E-state index contributed by atoms with van der Waals surface area (Å²) in [5.41, 5.74) is 4.55. The predicted molar refractivity (Wildman–Crippen MR) is 133 cm³/mol. The molecule has 178 valence electrons. The minimum Gasteiger partial charge on any atom is -0.497 e.